The second-order valence-corrected chi connectivity index (χ2v) is 8.73. The van der Waals surface area contributed by atoms with Crippen LogP contribution in [0.5, 0.6) is 5.75 Å². The first kappa shape index (κ1) is 23.0. The molecule has 0 aliphatic carbocycles. The number of benzene rings is 2. The Morgan fingerprint density at radius 1 is 1.20 bits per heavy atom. The zero-order chi connectivity index (χ0) is 24.5. The smallest absolute Gasteiger partial charge is 0.275 e. The van der Waals surface area contributed by atoms with Crippen LogP contribution in [0.25, 0.3) is 0 Å². The molecule has 0 saturated heterocycles. The third-order valence-corrected chi connectivity index (χ3v) is 6.67. The van der Waals surface area contributed by atoms with Gasteiger partial charge in [-0.1, -0.05) is 53.8 Å². The fourth-order valence-electron chi connectivity index (χ4n) is 4.43. The van der Waals surface area contributed by atoms with Crippen molar-refractivity contribution < 1.29 is 19.4 Å². The summed E-state index contributed by atoms with van der Waals surface area (Å²) in [5, 5.41) is 13.9. The van der Waals surface area contributed by atoms with E-state index in [0.29, 0.717) is 47.2 Å². The lowest BCUT2D eigenvalue weighted by Crippen LogP contribution is -2.54. The third kappa shape index (κ3) is 4.25. The minimum absolute atomic E-state index is 0.0252. The van der Waals surface area contributed by atoms with Crippen molar-refractivity contribution in [1.82, 2.24) is 14.7 Å². The number of aliphatic hydroxyl groups excluding tert-OH is 1. The summed E-state index contributed by atoms with van der Waals surface area (Å²) in [6.45, 7) is 0.552. The molecule has 2 aliphatic rings. The Morgan fingerprint density at radius 3 is 2.77 bits per heavy atom. The lowest BCUT2D eigenvalue weighted by atomic mass is 10.0. The molecule has 0 unspecified atom stereocenters. The fourth-order valence-corrected chi connectivity index (χ4v) is 4.71. The molecule has 0 fully saturated rings. The Kier molecular flexibility index (Phi) is 6.20. The molecule has 1 atom stereocenters. The average molecular weight is 491 g/mol. The predicted molar refractivity (Wildman–Crippen MR) is 131 cm³/mol. The van der Waals surface area contributed by atoms with Crippen LogP contribution in [0.3, 0.4) is 0 Å². The van der Waals surface area contributed by atoms with Gasteiger partial charge in [0.05, 0.1) is 12.2 Å². The highest BCUT2D eigenvalue weighted by molar-refractivity contribution is 6.31. The highest BCUT2D eigenvalue weighted by atomic mass is 35.5. The van der Waals surface area contributed by atoms with Crippen LogP contribution < -0.4 is 9.64 Å². The van der Waals surface area contributed by atoms with Crippen LogP contribution in [-0.2, 0) is 17.8 Å². The van der Waals surface area contributed by atoms with Gasteiger partial charge in [0, 0.05) is 24.7 Å². The molecular formula is C26H23ClN4O4. The van der Waals surface area contributed by atoms with Gasteiger partial charge >= 0.3 is 0 Å². The van der Waals surface area contributed by atoms with Gasteiger partial charge in [0.25, 0.3) is 11.8 Å². The lowest BCUT2D eigenvalue weighted by molar-refractivity contribution is -0.123. The van der Waals surface area contributed by atoms with E-state index in [1.807, 2.05) is 30.3 Å². The second-order valence-electron chi connectivity index (χ2n) is 8.38. The highest BCUT2D eigenvalue weighted by Crippen LogP contribution is 2.34. The van der Waals surface area contributed by atoms with E-state index in [4.69, 9.17) is 21.4 Å². The summed E-state index contributed by atoms with van der Waals surface area (Å²) in [5.41, 5.74) is 3.21. The number of carbonyl (C=O) groups excluding carboxylic acids is 2. The molecule has 2 amide bonds. The molecule has 0 saturated carbocycles. The number of carbonyl (C=O) groups is 2. The molecule has 35 heavy (non-hydrogen) atoms. The summed E-state index contributed by atoms with van der Waals surface area (Å²) in [5.74, 6) is 5.36. The summed E-state index contributed by atoms with van der Waals surface area (Å²) in [6, 6.07) is 14.2. The first-order chi connectivity index (χ1) is 17.0. The van der Waals surface area contributed by atoms with Gasteiger partial charge in [0.1, 0.15) is 30.2 Å². The van der Waals surface area contributed by atoms with Gasteiger partial charge < -0.3 is 19.6 Å². The molecule has 178 valence electrons. The van der Waals surface area contributed by atoms with Crippen molar-refractivity contribution in [2.24, 2.45) is 0 Å². The Balaban J connectivity index is 1.40. The molecule has 5 rings (SSSR count). The quantitative estimate of drug-likeness (QED) is 0.569. The van der Waals surface area contributed by atoms with Gasteiger partial charge in [0.15, 0.2) is 5.69 Å². The van der Waals surface area contributed by atoms with Crippen LogP contribution in [0, 0.1) is 11.8 Å². The van der Waals surface area contributed by atoms with Crippen molar-refractivity contribution in [2.75, 3.05) is 31.7 Å². The largest absolute Gasteiger partial charge is 0.489 e. The molecule has 2 aromatic carbocycles. The topological polar surface area (TPSA) is 87.9 Å². The van der Waals surface area contributed by atoms with Crippen LogP contribution in [-0.4, -0.2) is 64.4 Å². The van der Waals surface area contributed by atoms with Gasteiger partial charge in [-0.25, -0.2) is 4.68 Å². The number of rotatable bonds is 3. The van der Waals surface area contributed by atoms with E-state index in [1.54, 1.807) is 29.9 Å². The van der Waals surface area contributed by atoms with Gasteiger partial charge in [-0.3, -0.25) is 9.59 Å². The number of nitrogens with zero attached hydrogens (tertiary/aromatic N) is 4. The molecule has 9 heteroatoms. The van der Waals surface area contributed by atoms with E-state index >= 15 is 0 Å². The lowest BCUT2D eigenvalue weighted by Gasteiger charge is -2.33. The Morgan fingerprint density at radius 2 is 2.00 bits per heavy atom. The maximum Gasteiger partial charge on any atom is 0.275 e. The molecule has 2 aliphatic heterocycles. The van der Waals surface area contributed by atoms with E-state index in [-0.39, 0.29) is 30.7 Å². The molecule has 1 N–H and O–H groups in total. The second kappa shape index (κ2) is 9.45. The predicted octanol–water partition coefficient (Wildman–Crippen LogP) is 2.35. The number of ether oxygens (including phenoxy) is 1. The third-order valence-electron chi connectivity index (χ3n) is 6.24. The molecule has 0 bridgehead atoms. The van der Waals surface area contributed by atoms with Crippen LogP contribution in [0.15, 0.2) is 48.5 Å². The molecule has 3 heterocycles. The summed E-state index contributed by atoms with van der Waals surface area (Å²) in [6.07, 6.45) is 0.496. The summed E-state index contributed by atoms with van der Waals surface area (Å²) in [7, 11) is 1.65. The number of amides is 2. The molecule has 8 nitrogen and oxygen atoms in total. The Labute approximate surface area is 207 Å². The number of halogens is 1. The zero-order valence-electron chi connectivity index (χ0n) is 19.1. The first-order valence-electron chi connectivity index (χ1n) is 11.2. The maximum absolute atomic E-state index is 13.5. The SMILES string of the molecule is CN1C(=O)[C@H](N2CCc3c(nn(Cc4ccccc4)c3Cl)C2=O)COc2ccc(C#CCO)cc21. The van der Waals surface area contributed by atoms with E-state index in [2.05, 4.69) is 16.9 Å². The molecular weight excluding hydrogens is 468 g/mol. The molecule has 0 radical (unpaired) electrons. The minimum Gasteiger partial charge on any atom is -0.489 e. The van der Waals surface area contributed by atoms with Crippen molar-refractivity contribution in [3.63, 3.8) is 0 Å². The van der Waals surface area contributed by atoms with Crippen molar-refractivity contribution in [1.29, 1.82) is 0 Å². The number of hydrogen-bond acceptors (Lipinski definition) is 5. The van der Waals surface area contributed by atoms with E-state index in [0.717, 1.165) is 5.56 Å². The van der Waals surface area contributed by atoms with Gasteiger partial charge in [0.2, 0.25) is 0 Å². The number of hydrogen-bond donors (Lipinski definition) is 1. The minimum atomic E-state index is -0.807. The van der Waals surface area contributed by atoms with Crippen LogP contribution in [0.2, 0.25) is 5.15 Å². The van der Waals surface area contributed by atoms with Crippen molar-refractivity contribution in [3.8, 4) is 17.6 Å². The van der Waals surface area contributed by atoms with Crippen LogP contribution in [0.4, 0.5) is 5.69 Å². The normalized spacial score (nSPS) is 17.2. The van der Waals surface area contributed by atoms with Gasteiger partial charge in [-0.05, 0) is 30.2 Å². The monoisotopic (exact) mass is 490 g/mol. The van der Waals surface area contributed by atoms with Crippen LogP contribution >= 0.6 is 11.6 Å². The zero-order valence-corrected chi connectivity index (χ0v) is 19.8. The Bertz CT molecular complexity index is 1360. The first-order valence-corrected chi connectivity index (χ1v) is 11.6. The number of anilines is 1. The molecule has 3 aromatic rings. The number of likely N-dealkylation sites (N-methyl/N-ethyl adjacent to an activating group) is 1. The summed E-state index contributed by atoms with van der Waals surface area (Å²) < 4.78 is 7.58. The maximum atomic E-state index is 13.5. The number of aromatic nitrogens is 2. The number of fused-ring (bicyclic) bond motifs is 2. The van der Waals surface area contributed by atoms with E-state index < -0.39 is 6.04 Å². The van der Waals surface area contributed by atoms with Gasteiger partial charge in [-0.2, -0.15) is 5.10 Å². The van der Waals surface area contributed by atoms with Crippen molar-refractivity contribution in [3.05, 3.63) is 76.1 Å². The van der Waals surface area contributed by atoms with E-state index in [9.17, 15) is 9.59 Å². The van der Waals surface area contributed by atoms with Gasteiger partial charge in [-0.15, -0.1) is 0 Å². The van der Waals surface area contributed by atoms with Crippen molar-refractivity contribution >= 4 is 29.1 Å². The Hall–Kier alpha value is -3.80. The van der Waals surface area contributed by atoms with Crippen LogP contribution in [0.1, 0.15) is 27.2 Å². The number of aliphatic hydroxyl groups is 1. The summed E-state index contributed by atoms with van der Waals surface area (Å²) in [4.78, 5) is 29.9. The standard InChI is InChI=1S/C26H23ClN4O4/c1-29-20-14-17(8-5-13-32)9-10-22(20)35-16-21(25(29)33)30-12-11-19-23(26(30)34)28-31(24(19)27)15-18-6-3-2-4-7-18/h2-4,6-7,9-10,14,21,32H,11-13,15-16H2,1H3/t21-/m1/s1. The van der Waals surface area contributed by atoms with Crippen molar-refractivity contribution in [2.45, 2.75) is 19.0 Å². The highest BCUT2D eigenvalue weighted by Gasteiger charge is 2.40. The van der Waals surface area contributed by atoms with E-state index in [1.165, 1.54) is 9.80 Å². The average Bonchev–Trinajstić information content (AvgIpc) is 3.13. The molecule has 1 aromatic heterocycles. The fraction of sp³-hybridized carbons (Fsp3) is 0.269. The molecule has 0 spiro atoms. The summed E-state index contributed by atoms with van der Waals surface area (Å²) >= 11 is 6.58.